The van der Waals surface area contributed by atoms with E-state index >= 15 is 0 Å². The highest BCUT2D eigenvalue weighted by molar-refractivity contribution is 5.72. The van der Waals surface area contributed by atoms with E-state index in [0.29, 0.717) is 12.8 Å². The molecule has 6 heteroatoms. The second-order valence-electron chi connectivity index (χ2n) is 4.53. The highest BCUT2D eigenvalue weighted by atomic mass is 16.6. The Morgan fingerprint density at radius 3 is 2.50 bits per heavy atom. The average molecular weight is 262 g/mol. The van der Waals surface area contributed by atoms with Gasteiger partial charge in [0.05, 0.1) is 12.5 Å². The summed E-state index contributed by atoms with van der Waals surface area (Å²) in [6.07, 6.45) is -2.65. The van der Waals surface area contributed by atoms with Crippen molar-refractivity contribution >= 4 is 5.97 Å². The minimum Gasteiger partial charge on any atom is -0.459 e. The van der Waals surface area contributed by atoms with Crippen LogP contribution < -0.4 is 0 Å². The molecule has 1 heterocycles. The molecule has 0 aromatic heterocycles. The Hall–Kier alpha value is -0.690. The van der Waals surface area contributed by atoms with Crippen molar-refractivity contribution in [2.24, 2.45) is 5.92 Å². The van der Waals surface area contributed by atoms with Gasteiger partial charge in [0.15, 0.2) is 6.29 Å². The van der Waals surface area contributed by atoms with Gasteiger partial charge in [0.2, 0.25) is 0 Å². The summed E-state index contributed by atoms with van der Waals surface area (Å²) in [5.41, 5.74) is 0. The third kappa shape index (κ3) is 3.65. The van der Waals surface area contributed by atoms with Crippen molar-refractivity contribution in [1.29, 1.82) is 0 Å². The first-order valence-electron chi connectivity index (χ1n) is 6.36. The van der Waals surface area contributed by atoms with E-state index in [1.807, 2.05) is 13.8 Å². The summed E-state index contributed by atoms with van der Waals surface area (Å²) in [5, 5.41) is 28.3. The van der Waals surface area contributed by atoms with E-state index in [-0.39, 0.29) is 18.3 Å². The van der Waals surface area contributed by atoms with Gasteiger partial charge in [-0.1, -0.05) is 13.8 Å². The van der Waals surface area contributed by atoms with Gasteiger partial charge in [-0.25, -0.2) is 0 Å². The summed E-state index contributed by atoms with van der Waals surface area (Å²) < 4.78 is 10.1. The predicted molar refractivity (Wildman–Crippen MR) is 62.5 cm³/mol. The molecule has 0 spiro atoms. The summed E-state index contributed by atoms with van der Waals surface area (Å²) in [4.78, 5) is 11.8. The standard InChI is InChI=1S/C12H22O6/c1-3-7(4-2)12(16)18-8-5-10(14)17-9(6-13)11(8)15/h7-11,13-15H,3-6H2,1-2H3/t8-,9-,10+,11+/m1/s1. The van der Waals surface area contributed by atoms with Crippen molar-refractivity contribution in [3.05, 3.63) is 0 Å². The third-order valence-corrected chi connectivity index (χ3v) is 3.29. The van der Waals surface area contributed by atoms with Crippen LogP contribution in [0.5, 0.6) is 0 Å². The van der Waals surface area contributed by atoms with Crippen LogP contribution in [0.25, 0.3) is 0 Å². The Labute approximate surface area is 107 Å². The maximum Gasteiger partial charge on any atom is 0.309 e. The molecule has 0 amide bonds. The number of esters is 1. The van der Waals surface area contributed by atoms with E-state index in [1.165, 1.54) is 0 Å². The highest BCUT2D eigenvalue weighted by Gasteiger charge is 2.39. The number of hydrogen-bond donors (Lipinski definition) is 3. The van der Waals surface area contributed by atoms with Crippen LogP contribution in [-0.2, 0) is 14.3 Å². The van der Waals surface area contributed by atoms with E-state index in [2.05, 4.69) is 0 Å². The van der Waals surface area contributed by atoms with Crippen molar-refractivity contribution in [2.75, 3.05) is 6.61 Å². The number of rotatable bonds is 5. The lowest BCUT2D eigenvalue weighted by Crippen LogP contribution is -2.51. The van der Waals surface area contributed by atoms with Gasteiger partial charge in [0.1, 0.15) is 18.3 Å². The van der Waals surface area contributed by atoms with E-state index in [4.69, 9.17) is 14.6 Å². The van der Waals surface area contributed by atoms with E-state index < -0.39 is 31.2 Å². The largest absolute Gasteiger partial charge is 0.459 e. The first-order chi connectivity index (χ1) is 8.53. The molecule has 1 saturated heterocycles. The zero-order valence-corrected chi connectivity index (χ0v) is 10.8. The molecule has 6 nitrogen and oxygen atoms in total. The first-order valence-corrected chi connectivity index (χ1v) is 6.36. The smallest absolute Gasteiger partial charge is 0.309 e. The Bertz CT molecular complexity index is 265. The zero-order valence-electron chi connectivity index (χ0n) is 10.8. The zero-order chi connectivity index (χ0) is 13.7. The average Bonchev–Trinajstić information content (AvgIpc) is 2.34. The summed E-state index contributed by atoms with van der Waals surface area (Å²) in [6.45, 7) is 3.35. The lowest BCUT2D eigenvalue weighted by Gasteiger charge is -2.36. The van der Waals surface area contributed by atoms with Gasteiger partial charge in [-0.3, -0.25) is 4.79 Å². The molecule has 106 valence electrons. The molecule has 0 saturated carbocycles. The maximum absolute atomic E-state index is 11.8. The fourth-order valence-corrected chi connectivity index (χ4v) is 2.05. The molecule has 3 N–H and O–H groups in total. The molecule has 1 rings (SSSR count). The molecule has 0 unspecified atom stereocenters. The predicted octanol–water partition coefficient (Wildman–Crippen LogP) is -0.205. The summed E-state index contributed by atoms with van der Waals surface area (Å²) in [7, 11) is 0. The third-order valence-electron chi connectivity index (χ3n) is 3.29. The summed E-state index contributed by atoms with van der Waals surface area (Å²) in [5.74, 6) is -0.584. The lowest BCUT2D eigenvalue weighted by atomic mass is 10.0. The molecular formula is C12H22O6. The topological polar surface area (TPSA) is 96.2 Å². The summed E-state index contributed by atoms with van der Waals surface area (Å²) >= 11 is 0. The van der Waals surface area contributed by atoms with Crippen LogP contribution in [0.2, 0.25) is 0 Å². The normalized spacial score (nSPS) is 32.6. The Kier molecular flexibility index (Phi) is 6.01. The molecule has 0 aromatic carbocycles. The molecule has 1 fully saturated rings. The monoisotopic (exact) mass is 262 g/mol. The van der Waals surface area contributed by atoms with Gasteiger partial charge in [-0.2, -0.15) is 0 Å². The van der Waals surface area contributed by atoms with Gasteiger partial charge >= 0.3 is 5.97 Å². The van der Waals surface area contributed by atoms with Crippen molar-refractivity contribution in [2.45, 2.75) is 57.7 Å². The molecule has 0 radical (unpaired) electrons. The minimum absolute atomic E-state index is 0.0174. The van der Waals surface area contributed by atoms with Crippen LogP contribution in [-0.4, -0.2) is 52.5 Å². The number of carbonyl (C=O) groups excluding carboxylic acids is 1. The molecule has 0 aliphatic carbocycles. The minimum atomic E-state index is -1.13. The van der Waals surface area contributed by atoms with E-state index in [1.54, 1.807) is 0 Å². The molecule has 18 heavy (non-hydrogen) atoms. The van der Waals surface area contributed by atoms with Gasteiger partial charge in [0, 0.05) is 6.42 Å². The second kappa shape index (κ2) is 7.04. The van der Waals surface area contributed by atoms with Gasteiger partial charge in [-0.05, 0) is 12.8 Å². The van der Waals surface area contributed by atoms with Crippen LogP contribution in [0.4, 0.5) is 0 Å². The number of ether oxygens (including phenoxy) is 2. The first kappa shape index (κ1) is 15.4. The lowest BCUT2D eigenvalue weighted by molar-refractivity contribution is -0.246. The second-order valence-corrected chi connectivity index (χ2v) is 4.53. The molecule has 0 bridgehead atoms. The van der Waals surface area contributed by atoms with Crippen LogP contribution in [0.1, 0.15) is 33.1 Å². The van der Waals surface area contributed by atoms with Crippen molar-refractivity contribution in [3.8, 4) is 0 Å². The van der Waals surface area contributed by atoms with Crippen molar-refractivity contribution in [3.63, 3.8) is 0 Å². The Morgan fingerprint density at radius 1 is 1.39 bits per heavy atom. The summed E-state index contributed by atoms with van der Waals surface area (Å²) in [6, 6.07) is 0. The van der Waals surface area contributed by atoms with E-state index in [9.17, 15) is 15.0 Å². The number of aliphatic hydroxyl groups excluding tert-OH is 3. The number of hydrogen-bond acceptors (Lipinski definition) is 6. The SMILES string of the molecule is CCC(CC)C(=O)O[C@@H]1C[C@@H](O)O[C@H](CO)[C@H]1O. The Morgan fingerprint density at radius 2 is 2.00 bits per heavy atom. The van der Waals surface area contributed by atoms with Gasteiger partial charge in [-0.15, -0.1) is 0 Å². The Balaban J connectivity index is 2.61. The molecule has 4 atom stereocenters. The quantitative estimate of drug-likeness (QED) is 0.594. The number of carbonyl (C=O) groups is 1. The van der Waals surface area contributed by atoms with Gasteiger partial charge in [0.25, 0.3) is 0 Å². The van der Waals surface area contributed by atoms with Crippen LogP contribution in [0, 0.1) is 5.92 Å². The van der Waals surface area contributed by atoms with Crippen LogP contribution in [0.3, 0.4) is 0 Å². The molecule has 0 aromatic rings. The van der Waals surface area contributed by atoms with Crippen LogP contribution in [0.15, 0.2) is 0 Å². The molecule has 1 aliphatic heterocycles. The van der Waals surface area contributed by atoms with Crippen molar-refractivity contribution < 1.29 is 29.6 Å². The van der Waals surface area contributed by atoms with Crippen molar-refractivity contribution in [1.82, 2.24) is 0 Å². The molecular weight excluding hydrogens is 240 g/mol. The highest BCUT2D eigenvalue weighted by Crippen LogP contribution is 2.23. The van der Waals surface area contributed by atoms with Crippen LogP contribution >= 0.6 is 0 Å². The molecule has 1 aliphatic rings. The van der Waals surface area contributed by atoms with Gasteiger partial charge < -0.3 is 24.8 Å². The fourth-order valence-electron chi connectivity index (χ4n) is 2.05. The number of aliphatic hydroxyl groups is 3. The maximum atomic E-state index is 11.8. The fraction of sp³-hybridized carbons (Fsp3) is 0.917. The van der Waals surface area contributed by atoms with E-state index in [0.717, 1.165) is 0 Å².